The van der Waals surface area contributed by atoms with Crippen LogP contribution in [-0.2, 0) is 19.1 Å². The number of carbonyl (C=O) groups excluding carboxylic acids is 4. The number of halogens is 6. The summed E-state index contributed by atoms with van der Waals surface area (Å²) < 4.78 is 21.5. The molecule has 2 aromatic rings. The first kappa shape index (κ1) is 38.9. The van der Waals surface area contributed by atoms with Crippen LogP contribution in [0.5, 0.6) is 11.5 Å². The first-order chi connectivity index (χ1) is 22.1. The van der Waals surface area contributed by atoms with E-state index in [1.165, 1.54) is 0 Å². The van der Waals surface area contributed by atoms with Crippen LogP contribution >= 0.6 is 69.6 Å². The second-order valence-corrected chi connectivity index (χ2v) is 17.3. The van der Waals surface area contributed by atoms with Crippen LogP contribution in [-0.4, -0.2) is 37.1 Å². The van der Waals surface area contributed by atoms with Gasteiger partial charge >= 0.3 is 23.9 Å². The lowest BCUT2D eigenvalue weighted by molar-refractivity contribution is -0.156. The van der Waals surface area contributed by atoms with Gasteiger partial charge in [-0.3, -0.25) is 0 Å². The Balaban J connectivity index is 1.53. The van der Waals surface area contributed by atoms with E-state index in [1.54, 1.807) is 0 Å². The number of esters is 4. The molecule has 2 fully saturated rings. The molecule has 14 heteroatoms. The van der Waals surface area contributed by atoms with Gasteiger partial charge in [-0.15, -0.1) is 0 Å². The fourth-order valence-corrected chi connectivity index (χ4v) is 7.29. The van der Waals surface area contributed by atoms with E-state index in [0.717, 1.165) is 50.7 Å². The Hall–Kier alpha value is -1.94. The molecule has 2 aliphatic carbocycles. The molecular formula is C34H36Cl6O8. The first-order valence-electron chi connectivity index (χ1n) is 15.2. The van der Waals surface area contributed by atoms with Crippen molar-refractivity contribution >= 4 is 93.5 Å². The number of benzene rings is 2. The maximum absolute atomic E-state index is 13.3. The Bertz CT molecular complexity index is 1540. The van der Waals surface area contributed by atoms with Crippen LogP contribution in [0, 0.1) is 21.7 Å². The monoisotopic (exact) mass is 782 g/mol. The number of hydrogen-bond acceptors (Lipinski definition) is 8. The Morgan fingerprint density at radius 2 is 0.917 bits per heavy atom. The minimum atomic E-state index is -1.65. The molecule has 0 radical (unpaired) electrons. The highest BCUT2D eigenvalue weighted by Gasteiger charge is 2.43. The summed E-state index contributed by atoms with van der Waals surface area (Å²) in [6, 6.07) is 2.26. The quantitative estimate of drug-likeness (QED) is 0.0907. The van der Waals surface area contributed by atoms with Crippen LogP contribution in [0.25, 0.3) is 0 Å². The van der Waals surface area contributed by atoms with Gasteiger partial charge in [0.15, 0.2) is 11.5 Å². The highest BCUT2D eigenvalue weighted by molar-refractivity contribution is 6.47. The summed E-state index contributed by atoms with van der Waals surface area (Å²) in [5.41, 5.74) is -1.31. The summed E-state index contributed by atoms with van der Waals surface area (Å²) in [5.74, 6) is -6.43. The van der Waals surface area contributed by atoms with Crippen LogP contribution in [0.15, 0.2) is 12.1 Å². The van der Waals surface area contributed by atoms with Crippen molar-refractivity contribution in [2.45, 2.75) is 80.1 Å². The lowest BCUT2D eigenvalue weighted by atomic mass is 9.82. The number of hydrogen-bond donors (Lipinski definition) is 0. The molecule has 2 saturated carbocycles. The highest BCUT2D eigenvalue weighted by atomic mass is 35.5. The SMILES string of the molecule is CC(C)(COC(=O)c1c(Cl)c(Cl)cc(Cl)c1OC(=O)C(=O)Oc1c(Cl)cc(Cl)c(Cl)c1C(=O)OCC(C)(C)CC1(C)CC1)CC1(C)CC1. The van der Waals surface area contributed by atoms with Crippen LogP contribution in [0.3, 0.4) is 0 Å². The molecule has 0 heterocycles. The minimum absolute atomic E-state index is 0.0164. The van der Waals surface area contributed by atoms with Crippen molar-refractivity contribution in [1.82, 2.24) is 0 Å². The van der Waals surface area contributed by atoms with E-state index >= 15 is 0 Å². The van der Waals surface area contributed by atoms with Crippen LogP contribution in [0.1, 0.15) is 101 Å². The molecule has 0 aromatic heterocycles. The van der Waals surface area contributed by atoms with Crippen molar-refractivity contribution in [2.24, 2.45) is 21.7 Å². The molecule has 4 rings (SSSR count). The van der Waals surface area contributed by atoms with Crippen molar-refractivity contribution in [3.05, 3.63) is 53.4 Å². The van der Waals surface area contributed by atoms with Gasteiger partial charge in [-0.2, -0.15) is 0 Å². The zero-order valence-corrected chi connectivity index (χ0v) is 31.9. The van der Waals surface area contributed by atoms with Gasteiger partial charge in [0.2, 0.25) is 0 Å². The van der Waals surface area contributed by atoms with Gasteiger partial charge in [-0.1, -0.05) is 111 Å². The van der Waals surface area contributed by atoms with Crippen molar-refractivity contribution in [3.8, 4) is 11.5 Å². The molecule has 8 nitrogen and oxygen atoms in total. The summed E-state index contributed by atoms with van der Waals surface area (Å²) in [4.78, 5) is 52.7. The maximum Gasteiger partial charge on any atom is 0.423 e. The molecule has 0 amide bonds. The maximum atomic E-state index is 13.3. The minimum Gasteiger partial charge on any atom is -0.461 e. The van der Waals surface area contributed by atoms with Crippen LogP contribution < -0.4 is 9.47 Å². The fraction of sp³-hybridized carbons (Fsp3) is 0.529. The third-order valence-electron chi connectivity index (χ3n) is 8.42. The number of rotatable bonds is 12. The normalized spacial score (nSPS) is 16.2. The molecule has 48 heavy (non-hydrogen) atoms. The van der Waals surface area contributed by atoms with Gasteiger partial charge in [0.05, 0.1) is 43.3 Å². The predicted octanol–water partition coefficient (Wildman–Crippen LogP) is 10.9. The van der Waals surface area contributed by atoms with Crippen LogP contribution in [0.2, 0.25) is 30.1 Å². The van der Waals surface area contributed by atoms with Gasteiger partial charge in [-0.25, -0.2) is 19.2 Å². The Kier molecular flexibility index (Phi) is 11.6. The smallest absolute Gasteiger partial charge is 0.423 e. The van der Waals surface area contributed by atoms with Gasteiger partial charge < -0.3 is 18.9 Å². The van der Waals surface area contributed by atoms with E-state index in [0.29, 0.717) is 0 Å². The molecule has 2 aromatic carbocycles. The molecule has 0 N–H and O–H groups in total. The van der Waals surface area contributed by atoms with E-state index in [9.17, 15) is 19.2 Å². The Morgan fingerprint density at radius 1 is 0.604 bits per heavy atom. The lowest BCUT2D eigenvalue weighted by Gasteiger charge is -2.27. The van der Waals surface area contributed by atoms with Gasteiger partial charge in [0.25, 0.3) is 0 Å². The third-order valence-corrected chi connectivity index (χ3v) is 10.6. The van der Waals surface area contributed by atoms with E-state index in [-0.39, 0.29) is 65.0 Å². The molecule has 262 valence electrons. The molecule has 2 aliphatic rings. The lowest BCUT2D eigenvalue weighted by Crippen LogP contribution is -2.28. The highest BCUT2D eigenvalue weighted by Crippen LogP contribution is 2.54. The third kappa shape index (κ3) is 9.64. The second kappa shape index (κ2) is 14.4. The van der Waals surface area contributed by atoms with E-state index in [2.05, 4.69) is 13.8 Å². The second-order valence-electron chi connectivity index (χ2n) is 15.0. The van der Waals surface area contributed by atoms with E-state index in [4.69, 9.17) is 88.6 Å². The van der Waals surface area contributed by atoms with E-state index in [1.807, 2.05) is 27.7 Å². The van der Waals surface area contributed by atoms with Gasteiger partial charge in [-0.05, 0) is 72.3 Å². The Morgan fingerprint density at radius 3 is 1.21 bits per heavy atom. The molecule has 0 saturated heterocycles. The number of carbonyl (C=O) groups is 4. The summed E-state index contributed by atoms with van der Waals surface area (Å²) in [7, 11) is 0. The summed E-state index contributed by atoms with van der Waals surface area (Å²) in [5, 5.41) is -1.51. The van der Waals surface area contributed by atoms with E-state index < -0.39 is 46.5 Å². The zero-order valence-electron chi connectivity index (χ0n) is 27.3. The predicted molar refractivity (Wildman–Crippen MR) is 186 cm³/mol. The topological polar surface area (TPSA) is 105 Å². The summed E-state index contributed by atoms with van der Waals surface area (Å²) in [6.07, 6.45) is 5.98. The number of ether oxygens (including phenoxy) is 4. The standard InChI is InChI=1S/C34H36Cl6O8/c1-31(2,13-33(5)7-8-33)15-45-27(41)21-23(39)17(35)11-19(37)25(21)47-29(43)30(44)48-26-20(38)12-18(36)24(40)22(26)28(42)46-16-32(3,4)14-34(6)9-10-34/h11-12H,7-10,13-16H2,1-6H3. The van der Waals surface area contributed by atoms with Gasteiger partial charge in [0, 0.05) is 0 Å². The largest absolute Gasteiger partial charge is 0.461 e. The van der Waals surface area contributed by atoms with Crippen molar-refractivity contribution < 1.29 is 38.1 Å². The molecule has 0 spiro atoms. The fourth-order valence-electron chi connectivity index (χ4n) is 5.85. The molecular weight excluding hydrogens is 749 g/mol. The Labute approximate surface area is 309 Å². The van der Waals surface area contributed by atoms with Crippen molar-refractivity contribution in [3.63, 3.8) is 0 Å². The van der Waals surface area contributed by atoms with Gasteiger partial charge in [0.1, 0.15) is 11.1 Å². The molecule has 0 unspecified atom stereocenters. The molecule has 0 bridgehead atoms. The average Bonchev–Trinajstić information content (AvgIpc) is 3.89. The summed E-state index contributed by atoms with van der Waals surface area (Å²) >= 11 is 37.6. The molecule has 0 aliphatic heterocycles. The summed E-state index contributed by atoms with van der Waals surface area (Å²) in [6.45, 7) is 12.2. The first-order valence-corrected chi connectivity index (χ1v) is 17.5. The van der Waals surface area contributed by atoms with Crippen LogP contribution in [0.4, 0.5) is 0 Å². The van der Waals surface area contributed by atoms with Crippen molar-refractivity contribution in [1.29, 1.82) is 0 Å². The molecule has 0 atom stereocenters. The van der Waals surface area contributed by atoms with Crippen molar-refractivity contribution in [2.75, 3.05) is 13.2 Å². The zero-order chi connectivity index (χ0) is 36.0. The average molecular weight is 785 g/mol.